The van der Waals surface area contributed by atoms with Gasteiger partial charge in [0, 0.05) is 12.4 Å². The summed E-state index contributed by atoms with van der Waals surface area (Å²) in [7, 11) is 0. The van der Waals surface area contributed by atoms with E-state index in [0.29, 0.717) is 0 Å². The molecule has 1 unspecified atom stereocenters. The van der Waals surface area contributed by atoms with Crippen molar-refractivity contribution in [3.63, 3.8) is 0 Å². The van der Waals surface area contributed by atoms with Crippen LogP contribution in [0.1, 0.15) is 47.2 Å². The lowest BCUT2D eigenvalue weighted by Gasteiger charge is -2.20. The zero-order valence-electron chi connectivity index (χ0n) is 12.9. The van der Waals surface area contributed by atoms with Crippen LogP contribution in [0.25, 0.3) is 0 Å². The Morgan fingerprint density at radius 2 is 1.55 bits per heavy atom. The van der Waals surface area contributed by atoms with Crippen molar-refractivity contribution < 1.29 is 0 Å². The van der Waals surface area contributed by atoms with Gasteiger partial charge in [0.15, 0.2) is 0 Å². The molecule has 2 nitrogen and oxygen atoms in total. The Morgan fingerprint density at radius 1 is 0.900 bits per heavy atom. The number of benzene rings is 1. The molecule has 2 aromatic rings. The van der Waals surface area contributed by atoms with Gasteiger partial charge in [-0.05, 0) is 50.4 Å². The fourth-order valence-corrected chi connectivity index (χ4v) is 2.63. The minimum Gasteiger partial charge on any atom is -0.306 e. The second kappa shape index (κ2) is 6.67. The van der Waals surface area contributed by atoms with E-state index >= 15 is 0 Å². The number of nitrogens with one attached hydrogen (secondary N) is 1. The van der Waals surface area contributed by atoms with Crippen LogP contribution in [-0.2, 0) is 0 Å². The fraction of sp³-hybridized carbons (Fsp3) is 0.389. The molecule has 2 rings (SSSR count). The molecule has 2 heteroatoms. The maximum absolute atomic E-state index is 4.34. The highest BCUT2D eigenvalue weighted by molar-refractivity contribution is 5.36. The first-order valence-corrected chi connectivity index (χ1v) is 7.33. The predicted octanol–water partition coefficient (Wildman–Crippen LogP) is 4.10. The van der Waals surface area contributed by atoms with Gasteiger partial charge in [0.05, 0.1) is 6.04 Å². The van der Waals surface area contributed by atoms with Gasteiger partial charge in [0.1, 0.15) is 0 Å². The van der Waals surface area contributed by atoms with Crippen LogP contribution in [0.15, 0.2) is 36.7 Å². The molecule has 0 aliphatic rings. The summed E-state index contributed by atoms with van der Waals surface area (Å²) >= 11 is 0. The van der Waals surface area contributed by atoms with Crippen molar-refractivity contribution in [2.45, 2.75) is 40.2 Å². The molecular formula is C18H24N2. The topological polar surface area (TPSA) is 24.9 Å². The van der Waals surface area contributed by atoms with Gasteiger partial charge < -0.3 is 5.32 Å². The Bertz CT molecular complexity index is 555. The maximum Gasteiger partial charge on any atom is 0.0592 e. The smallest absolute Gasteiger partial charge is 0.0592 e. The van der Waals surface area contributed by atoms with E-state index in [4.69, 9.17) is 0 Å². The van der Waals surface area contributed by atoms with Crippen molar-refractivity contribution in [2.75, 3.05) is 6.54 Å². The molecule has 1 aromatic heterocycles. The molecule has 0 saturated carbocycles. The Labute approximate surface area is 122 Å². The molecule has 20 heavy (non-hydrogen) atoms. The summed E-state index contributed by atoms with van der Waals surface area (Å²) in [6.07, 6.45) is 5.00. The number of hydrogen-bond acceptors (Lipinski definition) is 2. The van der Waals surface area contributed by atoms with E-state index in [-0.39, 0.29) is 6.04 Å². The van der Waals surface area contributed by atoms with Gasteiger partial charge >= 0.3 is 0 Å². The molecule has 0 aliphatic carbocycles. The van der Waals surface area contributed by atoms with Gasteiger partial charge in [-0.3, -0.25) is 4.98 Å². The van der Waals surface area contributed by atoms with Crippen molar-refractivity contribution >= 4 is 0 Å². The predicted molar refractivity (Wildman–Crippen MR) is 85.0 cm³/mol. The number of hydrogen-bond donors (Lipinski definition) is 1. The summed E-state index contributed by atoms with van der Waals surface area (Å²) in [6.45, 7) is 9.60. The lowest BCUT2D eigenvalue weighted by Crippen LogP contribution is -2.23. The number of aryl methyl sites for hydroxylation is 3. The minimum atomic E-state index is 0.223. The van der Waals surface area contributed by atoms with Crippen molar-refractivity contribution in [3.8, 4) is 0 Å². The van der Waals surface area contributed by atoms with E-state index < -0.39 is 0 Å². The van der Waals surface area contributed by atoms with Crippen LogP contribution in [0, 0.1) is 20.8 Å². The molecule has 1 N–H and O–H groups in total. The first-order chi connectivity index (χ1) is 9.60. The van der Waals surface area contributed by atoms with Crippen molar-refractivity contribution in [1.82, 2.24) is 10.3 Å². The SMILES string of the molecule is CCCNC(c1cncc(C)c1)c1cc(C)cc(C)c1. The van der Waals surface area contributed by atoms with Crippen LogP contribution in [0.5, 0.6) is 0 Å². The Kier molecular flexibility index (Phi) is 4.91. The Balaban J connectivity index is 2.41. The monoisotopic (exact) mass is 268 g/mol. The number of pyridine rings is 1. The third kappa shape index (κ3) is 3.67. The van der Waals surface area contributed by atoms with Crippen molar-refractivity contribution in [1.29, 1.82) is 0 Å². The highest BCUT2D eigenvalue weighted by atomic mass is 14.9. The molecule has 0 amide bonds. The molecule has 0 spiro atoms. The van der Waals surface area contributed by atoms with Gasteiger partial charge in [-0.1, -0.05) is 42.3 Å². The largest absolute Gasteiger partial charge is 0.306 e. The Morgan fingerprint density at radius 3 is 2.15 bits per heavy atom. The third-order valence-electron chi connectivity index (χ3n) is 3.41. The zero-order valence-corrected chi connectivity index (χ0v) is 12.9. The number of nitrogens with zero attached hydrogens (tertiary/aromatic N) is 1. The summed E-state index contributed by atoms with van der Waals surface area (Å²) in [6, 6.07) is 9.19. The van der Waals surface area contributed by atoms with Crippen LogP contribution >= 0.6 is 0 Å². The summed E-state index contributed by atoms with van der Waals surface area (Å²) in [5, 5.41) is 3.64. The molecule has 0 fully saturated rings. The van der Waals surface area contributed by atoms with Gasteiger partial charge in [-0.25, -0.2) is 0 Å². The van der Waals surface area contributed by atoms with Crippen molar-refractivity contribution in [3.05, 3.63) is 64.5 Å². The standard InChI is InChI=1S/C18H24N2/c1-5-6-20-18(17-10-15(4)11-19-12-17)16-8-13(2)7-14(3)9-16/h7-12,18,20H,5-6H2,1-4H3. The normalized spacial score (nSPS) is 12.4. The van der Waals surface area contributed by atoms with Crippen LogP contribution in [-0.4, -0.2) is 11.5 Å². The molecule has 0 aliphatic heterocycles. The lowest BCUT2D eigenvalue weighted by atomic mass is 9.96. The van der Waals surface area contributed by atoms with E-state index in [0.717, 1.165) is 13.0 Å². The van der Waals surface area contributed by atoms with E-state index in [1.807, 2.05) is 12.4 Å². The maximum atomic E-state index is 4.34. The first kappa shape index (κ1) is 14.7. The molecule has 106 valence electrons. The zero-order chi connectivity index (χ0) is 14.5. The molecule has 0 saturated heterocycles. The lowest BCUT2D eigenvalue weighted by molar-refractivity contribution is 0.596. The second-order valence-electron chi connectivity index (χ2n) is 5.60. The van der Waals surface area contributed by atoms with Gasteiger partial charge in [0.2, 0.25) is 0 Å². The molecular weight excluding hydrogens is 244 g/mol. The molecule has 1 atom stereocenters. The average Bonchev–Trinajstić information content (AvgIpc) is 2.38. The van der Waals surface area contributed by atoms with E-state index in [1.165, 1.54) is 27.8 Å². The molecule has 1 aromatic carbocycles. The van der Waals surface area contributed by atoms with E-state index in [2.05, 4.69) is 62.3 Å². The molecule has 0 radical (unpaired) electrons. The Hall–Kier alpha value is -1.67. The summed E-state index contributed by atoms with van der Waals surface area (Å²) in [4.78, 5) is 4.34. The van der Waals surface area contributed by atoms with Gasteiger partial charge in [-0.15, -0.1) is 0 Å². The van der Waals surface area contributed by atoms with E-state index in [9.17, 15) is 0 Å². The number of rotatable bonds is 5. The second-order valence-corrected chi connectivity index (χ2v) is 5.60. The summed E-state index contributed by atoms with van der Waals surface area (Å²) in [5.41, 5.74) is 6.38. The first-order valence-electron chi connectivity index (χ1n) is 7.33. The highest BCUT2D eigenvalue weighted by Gasteiger charge is 2.14. The van der Waals surface area contributed by atoms with E-state index in [1.54, 1.807) is 0 Å². The van der Waals surface area contributed by atoms with Crippen LogP contribution in [0.2, 0.25) is 0 Å². The van der Waals surface area contributed by atoms with Gasteiger partial charge in [-0.2, -0.15) is 0 Å². The van der Waals surface area contributed by atoms with Crippen LogP contribution < -0.4 is 5.32 Å². The fourth-order valence-electron chi connectivity index (χ4n) is 2.63. The quantitative estimate of drug-likeness (QED) is 0.883. The van der Waals surface area contributed by atoms with Gasteiger partial charge in [0.25, 0.3) is 0 Å². The third-order valence-corrected chi connectivity index (χ3v) is 3.41. The highest BCUT2D eigenvalue weighted by Crippen LogP contribution is 2.24. The summed E-state index contributed by atoms with van der Waals surface area (Å²) in [5.74, 6) is 0. The van der Waals surface area contributed by atoms with Crippen LogP contribution in [0.3, 0.4) is 0 Å². The van der Waals surface area contributed by atoms with Crippen LogP contribution in [0.4, 0.5) is 0 Å². The molecule has 0 bridgehead atoms. The van der Waals surface area contributed by atoms with Crippen molar-refractivity contribution in [2.24, 2.45) is 0 Å². The average molecular weight is 268 g/mol. The summed E-state index contributed by atoms with van der Waals surface area (Å²) < 4.78 is 0. The minimum absolute atomic E-state index is 0.223. The molecule has 1 heterocycles. The number of aromatic nitrogens is 1.